The molecule has 0 spiro atoms. The molecule has 1 aromatic rings. The summed E-state index contributed by atoms with van der Waals surface area (Å²) in [6.45, 7) is 3.59. The number of hydrogen-bond acceptors (Lipinski definition) is 6. The molecule has 162 valence electrons. The summed E-state index contributed by atoms with van der Waals surface area (Å²) >= 11 is 0. The van der Waals surface area contributed by atoms with Crippen LogP contribution in [0.1, 0.15) is 51.1 Å². The second-order valence-electron chi connectivity index (χ2n) is 7.99. The lowest BCUT2D eigenvalue weighted by Crippen LogP contribution is -2.34. The second kappa shape index (κ2) is 11.3. The number of aromatic nitrogens is 2. The summed E-state index contributed by atoms with van der Waals surface area (Å²) in [6.07, 6.45) is 10.8. The maximum absolute atomic E-state index is 11.9. The third-order valence-electron chi connectivity index (χ3n) is 5.81. The van der Waals surface area contributed by atoms with Crippen molar-refractivity contribution >= 4 is 33.5 Å². The van der Waals surface area contributed by atoms with Crippen LogP contribution in [0.25, 0.3) is 0 Å². The van der Waals surface area contributed by atoms with Crippen molar-refractivity contribution in [3.63, 3.8) is 0 Å². The Bertz CT molecular complexity index is 688. The Morgan fingerprint density at radius 3 is 3.03 bits per heavy atom. The molecule has 2 saturated heterocycles. The van der Waals surface area contributed by atoms with Crippen LogP contribution in [0, 0.1) is 11.8 Å². The molecule has 2 fully saturated rings. The van der Waals surface area contributed by atoms with Gasteiger partial charge in [0.15, 0.2) is 0 Å². The first-order valence-electron chi connectivity index (χ1n) is 10.7. The SMILES string of the molecule is CC[C@@H]1C(=O)OC[C@@H]1Cc1c[n+](CCOC(=O)CCCC[C@@H]2CCSS2)cn1C. The first-order chi connectivity index (χ1) is 14.1. The van der Waals surface area contributed by atoms with Gasteiger partial charge in [0.25, 0.3) is 0 Å². The quantitative estimate of drug-likeness (QED) is 0.227. The van der Waals surface area contributed by atoms with Gasteiger partial charge in [-0.3, -0.25) is 9.59 Å². The third-order valence-corrected chi connectivity index (χ3v) is 8.82. The summed E-state index contributed by atoms with van der Waals surface area (Å²) in [5.74, 6) is 1.36. The molecule has 2 aliphatic heterocycles. The van der Waals surface area contributed by atoms with Gasteiger partial charge < -0.3 is 9.47 Å². The zero-order chi connectivity index (χ0) is 20.6. The number of carbonyl (C=O) groups excluding carboxylic acids is 2. The van der Waals surface area contributed by atoms with Crippen LogP contribution in [0.3, 0.4) is 0 Å². The Hall–Kier alpha value is -1.15. The first kappa shape index (κ1) is 22.5. The highest BCUT2D eigenvalue weighted by Crippen LogP contribution is 2.39. The lowest BCUT2D eigenvalue weighted by atomic mass is 9.89. The highest BCUT2D eigenvalue weighted by Gasteiger charge is 2.36. The standard InChI is InChI=1S/C21H33N2O4S2/c1-3-19-16(14-27-21(19)25)12-17-13-23(15-22(17)2)9-10-26-20(24)7-5-4-6-18-8-11-28-29-18/h13,15-16,18-19H,3-12,14H2,1-2H3/q+1/t16-,18+,19-/m0/s1. The molecule has 0 unspecified atom stereocenters. The average molecular weight is 442 g/mol. The summed E-state index contributed by atoms with van der Waals surface area (Å²) in [5.41, 5.74) is 1.17. The van der Waals surface area contributed by atoms with E-state index in [4.69, 9.17) is 9.47 Å². The number of rotatable bonds is 11. The highest BCUT2D eigenvalue weighted by molar-refractivity contribution is 8.77. The van der Waals surface area contributed by atoms with Crippen molar-refractivity contribution in [3.8, 4) is 0 Å². The largest absolute Gasteiger partial charge is 0.465 e. The Balaban J connectivity index is 1.34. The summed E-state index contributed by atoms with van der Waals surface area (Å²) < 4.78 is 14.8. The van der Waals surface area contributed by atoms with E-state index in [0.29, 0.717) is 26.2 Å². The van der Waals surface area contributed by atoms with E-state index in [9.17, 15) is 9.59 Å². The van der Waals surface area contributed by atoms with Gasteiger partial charge in [0.1, 0.15) is 25.0 Å². The van der Waals surface area contributed by atoms with Gasteiger partial charge in [0, 0.05) is 29.8 Å². The number of imidazole rings is 1. The van der Waals surface area contributed by atoms with E-state index in [1.54, 1.807) is 0 Å². The summed E-state index contributed by atoms with van der Waals surface area (Å²) in [4.78, 5) is 23.7. The summed E-state index contributed by atoms with van der Waals surface area (Å²) in [6, 6.07) is 0. The minimum atomic E-state index is -0.0948. The van der Waals surface area contributed by atoms with Gasteiger partial charge in [-0.25, -0.2) is 9.13 Å². The van der Waals surface area contributed by atoms with Crippen molar-refractivity contribution in [1.82, 2.24) is 4.57 Å². The smallest absolute Gasteiger partial charge is 0.309 e. The number of ether oxygens (including phenoxy) is 2. The van der Waals surface area contributed by atoms with Gasteiger partial charge in [0.05, 0.1) is 19.6 Å². The van der Waals surface area contributed by atoms with Gasteiger partial charge in [-0.15, -0.1) is 0 Å². The monoisotopic (exact) mass is 441 g/mol. The predicted molar refractivity (Wildman–Crippen MR) is 115 cm³/mol. The molecule has 3 atom stereocenters. The van der Waals surface area contributed by atoms with E-state index in [1.807, 2.05) is 41.9 Å². The van der Waals surface area contributed by atoms with Crippen molar-refractivity contribution in [2.75, 3.05) is 19.0 Å². The third kappa shape index (κ3) is 6.67. The van der Waals surface area contributed by atoms with Crippen LogP contribution in [0.4, 0.5) is 0 Å². The molecule has 0 amide bonds. The lowest BCUT2D eigenvalue weighted by Gasteiger charge is -2.10. The predicted octanol–water partition coefficient (Wildman–Crippen LogP) is 3.31. The van der Waals surface area contributed by atoms with Crippen LogP contribution in [-0.2, 0) is 39.1 Å². The van der Waals surface area contributed by atoms with Crippen molar-refractivity contribution in [1.29, 1.82) is 0 Å². The molecule has 0 saturated carbocycles. The maximum atomic E-state index is 11.9. The number of unbranched alkanes of at least 4 members (excludes halogenated alkanes) is 1. The van der Waals surface area contributed by atoms with E-state index in [-0.39, 0.29) is 23.8 Å². The number of esters is 2. The fraction of sp³-hybridized carbons (Fsp3) is 0.762. The van der Waals surface area contributed by atoms with Crippen molar-refractivity contribution in [2.24, 2.45) is 18.9 Å². The Kier molecular flexibility index (Phi) is 8.78. The zero-order valence-corrected chi connectivity index (χ0v) is 19.1. The molecule has 1 aromatic heterocycles. The minimum absolute atomic E-state index is 0.00493. The van der Waals surface area contributed by atoms with E-state index < -0.39 is 0 Å². The normalized spacial score (nSPS) is 24.1. The maximum Gasteiger partial charge on any atom is 0.309 e. The van der Waals surface area contributed by atoms with E-state index in [1.165, 1.54) is 24.3 Å². The van der Waals surface area contributed by atoms with Crippen LogP contribution in [-0.4, -0.2) is 40.7 Å². The highest BCUT2D eigenvalue weighted by atomic mass is 33.1. The Morgan fingerprint density at radius 2 is 2.28 bits per heavy atom. The van der Waals surface area contributed by atoms with Crippen LogP contribution in [0.15, 0.2) is 12.5 Å². The van der Waals surface area contributed by atoms with Crippen LogP contribution < -0.4 is 4.57 Å². The Labute approximate surface area is 181 Å². The van der Waals surface area contributed by atoms with E-state index in [0.717, 1.165) is 30.9 Å². The number of hydrogen-bond donors (Lipinski definition) is 0. The van der Waals surface area contributed by atoms with Crippen LogP contribution in [0.5, 0.6) is 0 Å². The molecule has 0 radical (unpaired) electrons. The van der Waals surface area contributed by atoms with Crippen LogP contribution in [0.2, 0.25) is 0 Å². The molecule has 0 bridgehead atoms. The number of nitrogens with zero attached hydrogens (tertiary/aromatic N) is 2. The van der Waals surface area contributed by atoms with Crippen LogP contribution >= 0.6 is 21.6 Å². The lowest BCUT2D eigenvalue weighted by molar-refractivity contribution is -0.697. The summed E-state index contributed by atoms with van der Waals surface area (Å²) in [7, 11) is 5.98. The van der Waals surface area contributed by atoms with Gasteiger partial charge in [0.2, 0.25) is 6.33 Å². The minimum Gasteiger partial charge on any atom is -0.465 e. The fourth-order valence-electron chi connectivity index (χ4n) is 4.05. The summed E-state index contributed by atoms with van der Waals surface area (Å²) in [5, 5.41) is 0.779. The topological polar surface area (TPSA) is 61.4 Å². The van der Waals surface area contributed by atoms with Crippen molar-refractivity contribution in [2.45, 2.75) is 63.7 Å². The molecule has 8 heteroatoms. The molecule has 0 aromatic carbocycles. The number of cyclic esters (lactones) is 1. The molecular formula is C21H33N2O4S2+. The number of carbonyl (C=O) groups is 2. The van der Waals surface area contributed by atoms with Crippen molar-refractivity contribution in [3.05, 3.63) is 18.2 Å². The zero-order valence-electron chi connectivity index (χ0n) is 17.5. The molecule has 29 heavy (non-hydrogen) atoms. The molecular weight excluding hydrogens is 408 g/mol. The second-order valence-corrected chi connectivity index (χ2v) is 10.8. The van der Waals surface area contributed by atoms with Gasteiger partial charge >= 0.3 is 11.9 Å². The fourth-order valence-corrected chi connectivity index (χ4v) is 7.08. The molecule has 3 rings (SSSR count). The average Bonchev–Trinajstić information content (AvgIpc) is 3.41. The molecule has 0 N–H and O–H groups in total. The molecule has 3 heterocycles. The van der Waals surface area contributed by atoms with E-state index in [2.05, 4.69) is 15.3 Å². The van der Waals surface area contributed by atoms with Gasteiger partial charge in [-0.1, -0.05) is 34.9 Å². The first-order valence-corrected chi connectivity index (χ1v) is 13.1. The molecule has 0 aliphatic carbocycles. The Morgan fingerprint density at radius 1 is 1.41 bits per heavy atom. The van der Waals surface area contributed by atoms with Gasteiger partial charge in [-0.2, -0.15) is 0 Å². The van der Waals surface area contributed by atoms with Gasteiger partial charge in [-0.05, 0) is 25.7 Å². The molecule has 2 aliphatic rings. The van der Waals surface area contributed by atoms with E-state index >= 15 is 0 Å². The molecule has 6 nitrogen and oxygen atoms in total. The number of aryl methyl sites for hydroxylation is 1. The van der Waals surface area contributed by atoms with Crippen molar-refractivity contribution < 1.29 is 23.6 Å².